The molecule has 0 aliphatic heterocycles. The minimum absolute atomic E-state index is 0.0469. The zero-order valence-corrected chi connectivity index (χ0v) is 18.8. The predicted molar refractivity (Wildman–Crippen MR) is 128 cm³/mol. The van der Waals surface area contributed by atoms with Gasteiger partial charge in [-0.25, -0.2) is 4.39 Å². The first-order valence-electron chi connectivity index (χ1n) is 12.0. The van der Waals surface area contributed by atoms with Crippen LogP contribution in [-0.4, -0.2) is 6.61 Å². The predicted octanol–water partition coefficient (Wildman–Crippen LogP) is 8.99. The van der Waals surface area contributed by atoms with Gasteiger partial charge in [-0.1, -0.05) is 95.5 Å². The second kappa shape index (κ2) is 11.9. The topological polar surface area (TPSA) is 9.23 Å². The number of ether oxygens (including phenoxy) is 1. The van der Waals surface area contributed by atoms with Crippen molar-refractivity contribution >= 4 is 21.5 Å². The molecule has 1 nitrogen and oxygen atoms in total. The number of hydrogen-bond acceptors (Lipinski definition) is 1. The van der Waals surface area contributed by atoms with E-state index in [1.54, 1.807) is 0 Å². The summed E-state index contributed by atoms with van der Waals surface area (Å²) < 4.78 is 21.0. The van der Waals surface area contributed by atoms with Gasteiger partial charge in [0.1, 0.15) is 11.6 Å². The van der Waals surface area contributed by atoms with Gasteiger partial charge < -0.3 is 4.74 Å². The number of aryl methyl sites for hydroxylation is 1. The molecule has 0 atom stereocenters. The van der Waals surface area contributed by atoms with Gasteiger partial charge in [0.2, 0.25) is 0 Å². The monoisotopic (exact) mass is 408 g/mol. The van der Waals surface area contributed by atoms with Crippen LogP contribution < -0.4 is 4.74 Å². The van der Waals surface area contributed by atoms with Crippen LogP contribution in [-0.2, 0) is 6.42 Å². The molecule has 0 amide bonds. The summed E-state index contributed by atoms with van der Waals surface area (Å²) in [6.07, 6.45) is 13.1. The molecule has 0 fully saturated rings. The van der Waals surface area contributed by atoms with E-state index in [0.717, 1.165) is 58.7 Å². The van der Waals surface area contributed by atoms with Gasteiger partial charge >= 0.3 is 0 Å². The highest BCUT2D eigenvalue weighted by Gasteiger charge is 2.10. The summed E-state index contributed by atoms with van der Waals surface area (Å²) in [7, 11) is 0. The molecular weight excluding hydrogens is 371 g/mol. The van der Waals surface area contributed by atoms with Crippen molar-refractivity contribution in [1.29, 1.82) is 0 Å². The number of rotatable bonds is 13. The Balaban J connectivity index is 1.66. The Hall–Kier alpha value is -2.09. The lowest BCUT2D eigenvalue weighted by atomic mass is 9.97. The number of halogens is 1. The molecule has 0 saturated carbocycles. The van der Waals surface area contributed by atoms with Crippen LogP contribution in [0.2, 0.25) is 0 Å². The van der Waals surface area contributed by atoms with Crippen LogP contribution >= 0.6 is 0 Å². The summed E-state index contributed by atoms with van der Waals surface area (Å²) >= 11 is 0. The molecule has 2 heteroatoms. The van der Waals surface area contributed by atoms with Crippen molar-refractivity contribution < 1.29 is 9.13 Å². The summed E-state index contributed by atoms with van der Waals surface area (Å²) in [5.41, 5.74) is 0.844. The average molecular weight is 409 g/mol. The largest absolute Gasteiger partial charge is 0.494 e. The molecule has 30 heavy (non-hydrogen) atoms. The van der Waals surface area contributed by atoms with Gasteiger partial charge in [-0.2, -0.15) is 0 Å². The second-order valence-electron chi connectivity index (χ2n) is 8.51. The van der Waals surface area contributed by atoms with E-state index in [-0.39, 0.29) is 5.82 Å². The minimum Gasteiger partial charge on any atom is -0.494 e. The SMILES string of the molecule is CCCCCCCCOc1ccc2c(ccc3c(F)c(CCCCCC)ccc32)c1. The molecule has 0 bridgehead atoms. The molecule has 3 rings (SSSR count). The van der Waals surface area contributed by atoms with Crippen molar-refractivity contribution in [3.63, 3.8) is 0 Å². The fourth-order valence-electron chi connectivity index (χ4n) is 4.23. The van der Waals surface area contributed by atoms with Crippen LogP contribution in [0.1, 0.15) is 83.6 Å². The third kappa shape index (κ3) is 5.97. The Bertz CT molecular complexity index is 931. The van der Waals surface area contributed by atoms with Gasteiger partial charge in [-0.3, -0.25) is 0 Å². The zero-order valence-electron chi connectivity index (χ0n) is 18.8. The molecule has 0 radical (unpaired) electrons. The highest BCUT2D eigenvalue weighted by atomic mass is 19.1. The van der Waals surface area contributed by atoms with E-state index in [1.165, 1.54) is 51.4 Å². The first kappa shape index (κ1) is 22.6. The molecule has 162 valence electrons. The Kier molecular flexibility index (Phi) is 8.99. The van der Waals surface area contributed by atoms with E-state index in [1.807, 2.05) is 24.3 Å². The Morgan fingerprint density at radius 2 is 1.33 bits per heavy atom. The van der Waals surface area contributed by atoms with Crippen LogP contribution in [0.15, 0.2) is 42.5 Å². The number of hydrogen-bond donors (Lipinski definition) is 0. The van der Waals surface area contributed by atoms with Gasteiger partial charge in [-0.05, 0) is 53.1 Å². The third-order valence-corrected chi connectivity index (χ3v) is 6.07. The van der Waals surface area contributed by atoms with E-state index < -0.39 is 0 Å². The molecule has 0 N–H and O–H groups in total. The van der Waals surface area contributed by atoms with Gasteiger partial charge in [0.15, 0.2) is 0 Å². The summed E-state index contributed by atoms with van der Waals surface area (Å²) in [6, 6.07) is 14.2. The van der Waals surface area contributed by atoms with E-state index in [9.17, 15) is 0 Å². The van der Waals surface area contributed by atoms with Crippen LogP contribution in [0.25, 0.3) is 21.5 Å². The number of unbranched alkanes of at least 4 members (excludes halogenated alkanes) is 8. The molecule has 3 aromatic carbocycles. The van der Waals surface area contributed by atoms with Crippen LogP contribution in [0.5, 0.6) is 5.75 Å². The lowest BCUT2D eigenvalue weighted by Gasteiger charge is -2.11. The fraction of sp³-hybridized carbons (Fsp3) is 0.500. The lowest BCUT2D eigenvalue weighted by molar-refractivity contribution is 0.305. The van der Waals surface area contributed by atoms with Gasteiger partial charge in [-0.15, -0.1) is 0 Å². The standard InChI is InChI=1S/C28H37FO/c1-3-5-7-9-10-12-20-30-24-16-19-25-23(21-24)15-18-27-26(25)17-14-22(28(27)29)13-11-8-6-4-2/h14-19,21H,3-13,20H2,1-2H3. The first-order chi connectivity index (χ1) is 14.7. The molecule has 0 saturated heterocycles. The number of fused-ring (bicyclic) bond motifs is 3. The highest BCUT2D eigenvalue weighted by Crippen LogP contribution is 2.31. The molecule has 0 unspecified atom stereocenters. The third-order valence-electron chi connectivity index (χ3n) is 6.07. The van der Waals surface area contributed by atoms with Crippen LogP contribution in [0.3, 0.4) is 0 Å². The highest BCUT2D eigenvalue weighted by molar-refractivity contribution is 6.08. The Morgan fingerprint density at radius 1 is 0.667 bits per heavy atom. The van der Waals surface area contributed by atoms with E-state index in [2.05, 4.69) is 32.0 Å². The molecule has 0 spiro atoms. The smallest absolute Gasteiger partial charge is 0.134 e. The lowest BCUT2D eigenvalue weighted by Crippen LogP contribution is -1.97. The maximum absolute atomic E-state index is 15.1. The minimum atomic E-state index is -0.0469. The van der Waals surface area contributed by atoms with Gasteiger partial charge in [0.05, 0.1) is 6.61 Å². The van der Waals surface area contributed by atoms with E-state index in [4.69, 9.17) is 4.74 Å². The van der Waals surface area contributed by atoms with Crippen molar-refractivity contribution in [3.05, 3.63) is 53.8 Å². The molecule has 0 aliphatic carbocycles. The summed E-state index contributed by atoms with van der Waals surface area (Å²) in [4.78, 5) is 0. The molecule has 0 aliphatic rings. The van der Waals surface area contributed by atoms with Crippen molar-refractivity contribution in [1.82, 2.24) is 0 Å². The molecule has 0 heterocycles. The Labute approximate surface area is 181 Å². The summed E-state index contributed by atoms with van der Waals surface area (Å²) in [6.45, 7) is 5.21. The van der Waals surface area contributed by atoms with Gasteiger partial charge in [0, 0.05) is 5.39 Å². The first-order valence-corrected chi connectivity index (χ1v) is 12.0. The summed E-state index contributed by atoms with van der Waals surface area (Å²) in [5.74, 6) is 0.859. The second-order valence-corrected chi connectivity index (χ2v) is 8.51. The summed E-state index contributed by atoms with van der Waals surface area (Å²) in [5, 5.41) is 3.93. The molecule has 0 aromatic heterocycles. The normalized spacial score (nSPS) is 11.4. The van der Waals surface area contributed by atoms with E-state index >= 15 is 4.39 Å². The molecular formula is C28H37FO. The maximum Gasteiger partial charge on any atom is 0.134 e. The average Bonchev–Trinajstić information content (AvgIpc) is 2.77. The maximum atomic E-state index is 15.1. The van der Waals surface area contributed by atoms with Crippen molar-refractivity contribution in [2.75, 3.05) is 6.61 Å². The fourth-order valence-corrected chi connectivity index (χ4v) is 4.23. The van der Waals surface area contributed by atoms with Crippen molar-refractivity contribution in [2.45, 2.75) is 84.5 Å². The van der Waals surface area contributed by atoms with E-state index in [0.29, 0.717) is 0 Å². The Morgan fingerprint density at radius 3 is 2.13 bits per heavy atom. The van der Waals surface area contributed by atoms with Crippen LogP contribution in [0.4, 0.5) is 4.39 Å². The number of benzene rings is 3. The van der Waals surface area contributed by atoms with Crippen LogP contribution in [0, 0.1) is 5.82 Å². The van der Waals surface area contributed by atoms with Crippen molar-refractivity contribution in [3.8, 4) is 5.75 Å². The molecule has 3 aromatic rings. The van der Waals surface area contributed by atoms with Crippen molar-refractivity contribution in [2.24, 2.45) is 0 Å². The van der Waals surface area contributed by atoms with Gasteiger partial charge in [0.25, 0.3) is 0 Å². The quantitative estimate of drug-likeness (QED) is 0.202. The zero-order chi connectivity index (χ0) is 21.2.